The van der Waals surface area contributed by atoms with Crippen molar-refractivity contribution in [2.45, 2.75) is 12.5 Å². The van der Waals surface area contributed by atoms with Crippen LogP contribution >= 0.6 is 11.6 Å². The van der Waals surface area contributed by atoms with Crippen molar-refractivity contribution < 1.29 is 18.4 Å². The Morgan fingerprint density at radius 3 is 2.82 bits per heavy atom. The molecule has 1 unspecified atom stereocenters. The predicted octanol–water partition coefficient (Wildman–Crippen LogP) is 3.19. The largest absolute Gasteiger partial charge is 0.377 e. The Bertz CT molecular complexity index is 1270. The number of halogens is 2. The molecule has 0 saturated carbocycles. The first-order valence-corrected chi connectivity index (χ1v) is 10.6. The molecule has 1 saturated heterocycles. The van der Waals surface area contributed by atoms with E-state index in [-0.39, 0.29) is 30.8 Å². The van der Waals surface area contributed by atoms with Gasteiger partial charge in [-0.2, -0.15) is 20.0 Å². The van der Waals surface area contributed by atoms with Crippen LogP contribution in [0.25, 0.3) is 17.1 Å². The average Bonchev–Trinajstić information content (AvgIpc) is 3.55. The van der Waals surface area contributed by atoms with Crippen LogP contribution in [0.3, 0.4) is 0 Å². The zero-order valence-corrected chi connectivity index (χ0v) is 18.0. The molecule has 1 amide bonds. The van der Waals surface area contributed by atoms with Crippen LogP contribution in [0.1, 0.15) is 15.9 Å². The minimum Gasteiger partial charge on any atom is -0.377 e. The molecule has 0 N–H and O–H groups in total. The highest BCUT2D eigenvalue weighted by atomic mass is 35.5. The van der Waals surface area contributed by atoms with Crippen molar-refractivity contribution in [3.8, 4) is 17.1 Å². The second-order valence-electron chi connectivity index (χ2n) is 7.47. The summed E-state index contributed by atoms with van der Waals surface area (Å²) in [6, 6.07) is 9.16. The summed E-state index contributed by atoms with van der Waals surface area (Å²) < 4.78 is 25.1. The van der Waals surface area contributed by atoms with E-state index in [0.717, 1.165) is 0 Å². The number of morpholine rings is 1. The van der Waals surface area contributed by atoms with Crippen LogP contribution in [0, 0.1) is 5.82 Å². The average molecular weight is 469 g/mol. The van der Waals surface area contributed by atoms with Gasteiger partial charge in [0.1, 0.15) is 5.82 Å². The van der Waals surface area contributed by atoms with E-state index in [9.17, 15) is 9.18 Å². The first kappa shape index (κ1) is 21.2. The van der Waals surface area contributed by atoms with Gasteiger partial charge in [-0.05, 0) is 48.4 Å². The predicted molar refractivity (Wildman–Crippen MR) is 115 cm³/mol. The molecule has 1 fully saturated rings. The van der Waals surface area contributed by atoms with E-state index in [2.05, 4.69) is 20.3 Å². The minimum atomic E-state index is -0.381. The van der Waals surface area contributed by atoms with Crippen LogP contribution in [-0.2, 0) is 11.2 Å². The van der Waals surface area contributed by atoms with Gasteiger partial charge in [-0.3, -0.25) is 4.79 Å². The number of carbonyl (C=O) groups excluding carboxylic acids is 1. The zero-order chi connectivity index (χ0) is 22.8. The van der Waals surface area contributed by atoms with Crippen molar-refractivity contribution in [1.29, 1.82) is 0 Å². The normalized spacial score (nSPS) is 16.2. The number of rotatable bonds is 5. The quantitative estimate of drug-likeness (QED) is 0.443. The molecule has 0 radical (unpaired) electrons. The number of nitrogens with zero attached hydrogens (tertiary/aromatic N) is 6. The maximum atomic E-state index is 14.7. The lowest BCUT2D eigenvalue weighted by molar-refractivity contribution is -0.00185. The summed E-state index contributed by atoms with van der Waals surface area (Å²) in [5.74, 6) is -0.253. The molecule has 0 aliphatic carbocycles. The third-order valence-corrected chi connectivity index (χ3v) is 5.67. The Balaban J connectivity index is 1.45. The molecule has 11 heteroatoms. The number of amides is 1. The SMILES string of the molecule is O=C(c1ccc(Cl)cc1-n1nccn1)N1CCOCC1Cc1cc(-c2ncon2)ccc1F. The molecule has 5 rings (SSSR count). The Labute approximate surface area is 192 Å². The number of benzene rings is 2. The van der Waals surface area contributed by atoms with Gasteiger partial charge in [0.25, 0.3) is 5.91 Å². The molecule has 2 aromatic heterocycles. The second kappa shape index (κ2) is 9.08. The Kier molecular flexibility index (Phi) is 5.84. The van der Waals surface area contributed by atoms with E-state index in [0.29, 0.717) is 46.4 Å². The fourth-order valence-corrected chi connectivity index (χ4v) is 4.03. The lowest BCUT2D eigenvalue weighted by atomic mass is 10.00. The highest BCUT2D eigenvalue weighted by molar-refractivity contribution is 6.31. The van der Waals surface area contributed by atoms with Gasteiger partial charge < -0.3 is 14.2 Å². The highest BCUT2D eigenvalue weighted by Gasteiger charge is 2.31. The number of carbonyl (C=O) groups is 1. The van der Waals surface area contributed by atoms with Crippen molar-refractivity contribution in [1.82, 2.24) is 30.0 Å². The summed E-state index contributed by atoms with van der Waals surface area (Å²) in [4.78, 5) is 20.7. The smallest absolute Gasteiger partial charge is 0.256 e. The number of hydrogen-bond acceptors (Lipinski definition) is 7. The van der Waals surface area contributed by atoms with E-state index in [1.165, 1.54) is 29.7 Å². The molecule has 4 aromatic rings. The fourth-order valence-electron chi connectivity index (χ4n) is 3.86. The van der Waals surface area contributed by atoms with Gasteiger partial charge >= 0.3 is 0 Å². The van der Waals surface area contributed by atoms with Crippen molar-refractivity contribution in [3.63, 3.8) is 0 Å². The molecule has 9 nitrogen and oxygen atoms in total. The minimum absolute atomic E-state index is 0.234. The van der Waals surface area contributed by atoms with E-state index >= 15 is 0 Å². The van der Waals surface area contributed by atoms with E-state index in [4.69, 9.17) is 20.9 Å². The summed E-state index contributed by atoms with van der Waals surface area (Å²) in [6.45, 7) is 1.03. The Morgan fingerprint density at radius 1 is 1.18 bits per heavy atom. The van der Waals surface area contributed by atoms with Gasteiger partial charge in [0.2, 0.25) is 12.2 Å². The Hall–Kier alpha value is -3.63. The standard InChI is InChI=1S/C22H18ClFN6O3/c23-16-2-3-18(20(11-16)30-26-5-6-27-30)22(31)29-7-8-32-12-17(29)10-15-9-14(1-4-19(15)24)21-25-13-33-28-21/h1-6,9,11,13,17H,7-8,10,12H2. The summed E-state index contributed by atoms with van der Waals surface area (Å²) in [5, 5.41) is 12.5. The highest BCUT2D eigenvalue weighted by Crippen LogP contribution is 2.25. The lowest BCUT2D eigenvalue weighted by Crippen LogP contribution is -2.50. The van der Waals surface area contributed by atoms with Gasteiger partial charge in [-0.25, -0.2) is 4.39 Å². The molecular weight excluding hydrogens is 451 g/mol. The summed E-state index contributed by atoms with van der Waals surface area (Å²) in [6.07, 6.45) is 4.51. The molecule has 0 bridgehead atoms. The van der Waals surface area contributed by atoms with Crippen molar-refractivity contribution >= 4 is 17.5 Å². The van der Waals surface area contributed by atoms with Crippen LogP contribution in [0.15, 0.2) is 59.7 Å². The molecule has 168 valence electrons. The summed E-state index contributed by atoms with van der Waals surface area (Å²) in [5.41, 5.74) is 1.91. The molecule has 33 heavy (non-hydrogen) atoms. The lowest BCUT2D eigenvalue weighted by Gasteiger charge is -2.36. The Morgan fingerprint density at radius 2 is 2.03 bits per heavy atom. The van der Waals surface area contributed by atoms with Crippen LogP contribution in [0.2, 0.25) is 5.02 Å². The van der Waals surface area contributed by atoms with E-state index in [1.807, 2.05) is 0 Å². The summed E-state index contributed by atoms with van der Waals surface area (Å²) >= 11 is 6.16. The van der Waals surface area contributed by atoms with Crippen LogP contribution in [-0.4, -0.2) is 61.7 Å². The molecule has 3 heterocycles. The maximum absolute atomic E-state index is 14.7. The second-order valence-corrected chi connectivity index (χ2v) is 7.91. The first-order valence-electron chi connectivity index (χ1n) is 10.2. The molecule has 1 aliphatic rings. The first-order chi connectivity index (χ1) is 16.1. The van der Waals surface area contributed by atoms with Gasteiger partial charge in [0.05, 0.1) is 42.9 Å². The maximum Gasteiger partial charge on any atom is 0.256 e. The molecular formula is C22H18ClFN6O3. The molecule has 0 spiro atoms. The third-order valence-electron chi connectivity index (χ3n) is 5.43. The monoisotopic (exact) mass is 468 g/mol. The number of aromatic nitrogens is 5. The van der Waals surface area contributed by atoms with Gasteiger partial charge in [0.15, 0.2) is 0 Å². The van der Waals surface area contributed by atoms with E-state index in [1.54, 1.807) is 35.2 Å². The van der Waals surface area contributed by atoms with Crippen LogP contribution in [0.4, 0.5) is 4.39 Å². The van der Waals surface area contributed by atoms with Crippen molar-refractivity contribution in [3.05, 3.63) is 77.2 Å². The van der Waals surface area contributed by atoms with Gasteiger partial charge in [0, 0.05) is 17.1 Å². The van der Waals surface area contributed by atoms with Crippen molar-refractivity contribution in [2.75, 3.05) is 19.8 Å². The molecule has 2 aromatic carbocycles. The zero-order valence-electron chi connectivity index (χ0n) is 17.3. The number of hydrogen-bond donors (Lipinski definition) is 0. The van der Waals surface area contributed by atoms with Crippen LogP contribution in [0.5, 0.6) is 0 Å². The van der Waals surface area contributed by atoms with Gasteiger partial charge in [-0.15, -0.1) is 0 Å². The topological polar surface area (TPSA) is 99.2 Å². The fraction of sp³-hybridized carbons (Fsp3) is 0.227. The molecule has 1 atom stereocenters. The van der Waals surface area contributed by atoms with Crippen LogP contribution < -0.4 is 0 Å². The summed E-state index contributed by atoms with van der Waals surface area (Å²) in [7, 11) is 0. The van der Waals surface area contributed by atoms with Gasteiger partial charge in [-0.1, -0.05) is 16.8 Å². The molecule has 1 aliphatic heterocycles. The number of ether oxygens (including phenoxy) is 1. The van der Waals surface area contributed by atoms with Crippen molar-refractivity contribution in [2.24, 2.45) is 0 Å². The third kappa shape index (κ3) is 4.35. The van der Waals surface area contributed by atoms with E-state index < -0.39 is 0 Å².